The van der Waals surface area contributed by atoms with Crippen molar-refractivity contribution in [3.8, 4) is 5.75 Å². The molecule has 0 saturated carbocycles. The van der Waals surface area contributed by atoms with E-state index in [1.807, 2.05) is 19.2 Å². The second kappa shape index (κ2) is 7.52. The third kappa shape index (κ3) is 3.02. The molecule has 0 saturated heterocycles. The molecule has 3 aromatic carbocycles. The number of hydrogen-bond donors (Lipinski definition) is 1. The van der Waals surface area contributed by atoms with E-state index in [1.165, 1.54) is 12.7 Å². The van der Waals surface area contributed by atoms with E-state index in [0.29, 0.717) is 22.6 Å². The average Bonchev–Trinajstić information content (AvgIpc) is 3.02. The van der Waals surface area contributed by atoms with Gasteiger partial charge >= 0.3 is 0 Å². The number of hydrazone groups is 1. The summed E-state index contributed by atoms with van der Waals surface area (Å²) < 4.78 is 7.53. The van der Waals surface area contributed by atoms with E-state index in [0.717, 1.165) is 11.4 Å². The van der Waals surface area contributed by atoms with Crippen molar-refractivity contribution in [2.45, 2.75) is 19.3 Å². The number of ketones is 2. The summed E-state index contributed by atoms with van der Waals surface area (Å²) in [5, 5.41) is 4.47. The first-order valence-electron chi connectivity index (χ1n) is 10.8. The Hall–Kier alpha value is -4.06. The van der Waals surface area contributed by atoms with Crippen LogP contribution in [0.5, 0.6) is 5.75 Å². The topological polar surface area (TPSA) is 70.8 Å². The Kier molecular flexibility index (Phi) is 4.74. The highest BCUT2D eigenvalue weighted by molar-refractivity contribution is 6.34. The zero-order chi connectivity index (χ0) is 23.3. The SMILES string of the molecule is COc1ccc(NN=CC2=[N+](C)c3ccccc3C2(C)C)c2c1C(=O)c1ccccc1C2=O. The van der Waals surface area contributed by atoms with Crippen LogP contribution >= 0.6 is 0 Å². The zero-order valence-electron chi connectivity index (χ0n) is 19.0. The van der Waals surface area contributed by atoms with Crippen LogP contribution in [-0.4, -0.2) is 42.2 Å². The fourth-order valence-corrected chi connectivity index (χ4v) is 4.85. The maximum absolute atomic E-state index is 13.4. The number of anilines is 1. The number of fused-ring (bicyclic) bond motifs is 3. The third-order valence-corrected chi connectivity index (χ3v) is 6.57. The first kappa shape index (κ1) is 20.8. The maximum atomic E-state index is 13.4. The molecule has 6 heteroatoms. The Bertz CT molecular complexity index is 1400. The lowest BCUT2D eigenvalue weighted by molar-refractivity contribution is -0.400. The van der Waals surface area contributed by atoms with Crippen LogP contribution in [0.25, 0.3) is 0 Å². The minimum absolute atomic E-state index is 0.222. The summed E-state index contributed by atoms with van der Waals surface area (Å²) in [6.45, 7) is 4.32. The molecule has 5 rings (SSSR count). The lowest BCUT2D eigenvalue weighted by Gasteiger charge is -2.21. The highest BCUT2D eigenvalue weighted by Gasteiger charge is 2.43. The smallest absolute Gasteiger partial charge is 0.212 e. The van der Waals surface area contributed by atoms with Gasteiger partial charge in [-0.2, -0.15) is 9.68 Å². The molecular weight excluding hydrogens is 414 g/mol. The van der Waals surface area contributed by atoms with Gasteiger partial charge in [0.15, 0.2) is 11.6 Å². The number of carbonyl (C=O) groups is 2. The number of rotatable bonds is 4. The Morgan fingerprint density at radius 3 is 2.21 bits per heavy atom. The fourth-order valence-electron chi connectivity index (χ4n) is 4.85. The van der Waals surface area contributed by atoms with Crippen molar-refractivity contribution < 1.29 is 18.9 Å². The first-order chi connectivity index (χ1) is 15.9. The number of para-hydroxylation sites is 1. The van der Waals surface area contributed by atoms with Crippen molar-refractivity contribution in [2.24, 2.45) is 5.10 Å². The van der Waals surface area contributed by atoms with E-state index < -0.39 is 0 Å². The molecule has 1 aliphatic heterocycles. The highest BCUT2D eigenvalue weighted by atomic mass is 16.5. The maximum Gasteiger partial charge on any atom is 0.212 e. The molecule has 0 spiro atoms. The molecule has 6 nitrogen and oxygen atoms in total. The molecule has 33 heavy (non-hydrogen) atoms. The molecule has 1 N–H and O–H groups in total. The number of nitrogens with zero attached hydrogens (tertiary/aromatic N) is 2. The fraction of sp³-hybridized carbons (Fsp3) is 0.185. The number of methoxy groups -OCH3 is 1. The zero-order valence-corrected chi connectivity index (χ0v) is 19.0. The number of hydrogen-bond acceptors (Lipinski definition) is 5. The van der Waals surface area contributed by atoms with Crippen molar-refractivity contribution in [2.75, 3.05) is 19.6 Å². The lowest BCUT2D eigenvalue weighted by atomic mass is 9.82. The van der Waals surface area contributed by atoms with Crippen LogP contribution in [0.4, 0.5) is 11.4 Å². The van der Waals surface area contributed by atoms with Gasteiger partial charge in [-0.05, 0) is 26.0 Å². The van der Waals surface area contributed by atoms with Gasteiger partial charge in [-0.1, -0.05) is 42.5 Å². The van der Waals surface area contributed by atoms with Gasteiger partial charge in [0.2, 0.25) is 11.4 Å². The normalized spacial score (nSPS) is 16.0. The van der Waals surface area contributed by atoms with Gasteiger partial charge in [-0.3, -0.25) is 15.0 Å². The number of benzene rings is 3. The summed E-state index contributed by atoms with van der Waals surface area (Å²) >= 11 is 0. The van der Waals surface area contributed by atoms with Gasteiger partial charge < -0.3 is 4.74 Å². The van der Waals surface area contributed by atoms with Crippen LogP contribution < -0.4 is 10.2 Å². The molecule has 0 radical (unpaired) electrons. The van der Waals surface area contributed by atoms with Gasteiger partial charge in [0, 0.05) is 22.8 Å². The van der Waals surface area contributed by atoms with Gasteiger partial charge in [0.05, 0.1) is 29.3 Å². The Labute approximate surface area is 192 Å². The molecule has 164 valence electrons. The standard InChI is InChI=1S/C27H23N3O3/c1-27(2)18-11-7-8-12-20(18)30(3)22(27)15-28-29-19-13-14-21(33-4)24-23(19)25(31)16-9-5-6-10-17(16)26(24)32/h5-15H,1-4H3/p+1. The van der Waals surface area contributed by atoms with E-state index in [2.05, 4.69) is 41.1 Å². The van der Waals surface area contributed by atoms with Crippen molar-refractivity contribution in [3.63, 3.8) is 0 Å². The molecule has 0 amide bonds. The second-order valence-electron chi connectivity index (χ2n) is 8.73. The minimum atomic E-state index is -0.230. The van der Waals surface area contributed by atoms with Gasteiger partial charge in [-0.15, -0.1) is 0 Å². The van der Waals surface area contributed by atoms with Crippen molar-refractivity contribution in [1.82, 2.24) is 0 Å². The summed E-state index contributed by atoms with van der Waals surface area (Å²) in [6.07, 6.45) is 1.78. The van der Waals surface area contributed by atoms with E-state index in [-0.39, 0.29) is 28.1 Å². The Balaban J connectivity index is 1.54. The summed E-state index contributed by atoms with van der Waals surface area (Å²) in [5.41, 5.74) is 7.96. The van der Waals surface area contributed by atoms with E-state index >= 15 is 0 Å². The van der Waals surface area contributed by atoms with Crippen LogP contribution in [0.1, 0.15) is 51.3 Å². The minimum Gasteiger partial charge on any atom is -0.496 e. The first-order valence-corrected chi connectivity index (χ1v) is 10.8. The summed E-state index contributed by atoms with van der Waals surface area (Å²) in [5.74, 6) is -0.0878. The largest absolute Gasteiger partial charge is 0.496 e. The Morgan fingerprint density at radius 1 is 0.909 bits per heavy atom. The molecular formula is C27H24N3O3+. The van der Waals surface area contributed by atoms with Crippen molar-refractivity contribution in [1.29, 1.82) is 0 Å². The van der Waals surface area contributed by atoms with Gasteiger partial charge in [-0.25, -0.2) is 0 Å². The number of ether oxygens (including phenoxy) is 1. The summed E-state index contributed by atoms with van der Waals surface area (Å²) in [7, 11) is 3.51. The number of nitrogens with one attached hydrogen (secondary N) is 1. The quantitative estimate of drug-likeness (QED) is 0.288. The molecule has 1 aliphatic carbocycles. The predicted octanol–water partition coefficient (Wildman–Crippen LogP) is 4.57. The van der Waals surface area contributed by atoms with Crippen molar-refractivity contribution in [3.05, 3.63) is 88.5 Å². The van der Waals surface area contributed by atoms with Gasteiger partial charge in [0.1, 0.15) is 19.0 Å². The van der Waals surface area contributed by atoms with Crippen LogP contribution in [0.2, 0.25) is 0 Å². The van der Waals surface area contributed by atoms with E-state index in [1.54, 1.807) is 42.6 Å². The Morgan fingerprint density at radius 2 is 1.55 bits per heavy atom. The highest BCUT2D eigenvalue weighted by Crippen LogP contribution is 2.39. The molecule has 0 aromatic heterocycles. The predicted molar refractivity (Wildman–Crippen MR) is 129 cm³/mol. The third-order valence-electron chi connectivity index (χ3n) is 6.57. The van der Waals surface area contributed by atoms with E-state index in [9.17, 15) is 9.59 Å². The van der Waals surface area contributed by atoms with Crippen molar-refractivity contribution >= 4 is 34.9 Å². The molecule has 0 bridgehead atoms. The number of carbonyl (C=O) groups excluding carboxylic acids is 2. The van der Waals surface area contributed by atoms with Crippen LogP contribution in [0, 0.1) is 0 Å². The molecule has 1 heterocycles. The van der Waals surface area contributed by atoms with Gasteiger partial charge in [0.25, 0.3) is 0 Å². The molecule has 3 aromatic rings. The average molecular weight is 439 g/mol. The monoisotopic (exact) mass is 438 g/mol. The van der Waals surface area contributed by atoms with E-state index in [4.69, 9.17) is 4.74 Å². The molecule has 0 fully saturated rings. The van der Waals surface area contributed by atoms with Crippen LogP contribution in [-0.2, 0) is 5.41 Å². The summed E-state index contributed by atoms with van der Waals surface area (Å²) in [6, 6.07) is 18.5. The molecule has 0 unspecified atom stereocenters. The van der Waals surface area contributed by atoms with Crippen LogP contribution in [0.3, 0.4) is 0 Å². The lowest BCUT2D eigenvalue weighted by Crippen LogP contribution is -2.30. The summed E-state index contributed by atoms with van der Waals surface area (Å²) in [4.78, 5) is 26.6. The second-order valence-corrected chi connectivity index (χ2v) is 8.73. The molecule has 0 atom stereocenters. The molecule has 2 aliphatic rings. The van der Waals surface area contributed by atoms with Crippen LogP contribution in [0.15, 0.2) is 65.8 Å².